The minimum atomic E-state index is -3.17. The molecule has 0 spiro atoms. The van der Waals surface area contributed by atoms with Gasteiger partial charge in [0.25, 0.3) is 0 Å². The predicted octanol–water partition coefficient (Wildman–Crippen LogP) is 1.31. The number of methoxy groups -OCH3 is 1. The van der Waals surface area contributed by atoms with Gasteiger partial charge in [0.15, 0.2) is 9.84 Å². The van der Waals surface area contributed by atoms with Crippen LogP contribution in [0.1, 0.15) is 39.0 Å². The van der Waals surface area contributed by atoms with E-state index in [0.29, 0.717) is 0 Å². The minimum Gasteiger partial charge on any atom is -0.469 e. The fourth-order valence-corrected chi connectivity index (χ4v) is 5.00. The zero-order chi connectivity index (χ0) is 14.1. The van der Waals surface area contributed by atoms with Crippen molar-refractivity contribution in [3.05, 3.63) is 0 Å². The lowest BCUT2D eigenvalue weighted by molar-refractivity contribution is -0.141. The van der Waals surface area contributed by atoms with Crippen LogP contribution in [0, 0.1) is 5.41 Å². The van der Waals surface area contributed by atoms with Gasteiger partial charge in [-0.2, -0.15) is 0 Å². The summed E-state index contributed by atoms with van der Waals surface area (Å²) in [4.78, 5) is 11.3. The summed E-state index contributed by atoms with van der Waals surface area (Å²) in [7, 11) is -1.84. The van der Waals surface area contributed by atoms with Gasteiger partial charge in [0, 0.05) is 0 Å². The third-order valence-electron chi connectivity index (χ3n) is 3.99. The Morgan fingerprint density at radius 3 is 2.53 bits per heavy atom. The van der Waals surface area contributed by atoms with Gasteiger partial charge in [0.2, 0.25) is 0 Å². The molecule has 1 saturated heterocycles. The molecule has 5 nitrogen and oxygen atoms in total. The molecule has 1 aliphatic heterocycles. The normalized spacial score (nSPS) is 29.2. The van der Waals surface area contributed by atoms with Crippen molar-refractivity contribution < 1.29 is 22.7 Å². The lowest BCUT2D eigenvalue weighted by atomic mass is 10.1. The molecular weight excluding hydrogens is 268 g/mol. The highest BCUT2D eigenvalue weighted by Gasteiger charge is 2.48. The van der Waals surface area contributed by atoms with Gasteiger partial charge in [-0.15, -0.1) is 0 Å². The number of carbonyl (C=O) groups excluding carboxylic acids is 1. The van der Waals surface area contributed by atoms with Crippen molar-refractivity contribution in [2.45, 2.75) is 51.2 Å². The summed E-state index contributed by atoms with van der Waals surface area (Å²) in [6, 6.07) is 0. The van der Waals surface area contributed by atoms with Gasteiger partial charge in [-0.25, -0.2) is 8.42 Å². The molecule has 2 fully saturated rings. The van der Waals surface area contributed by atoms with Crippen molar-refractivity contribution in [1.29, 1.82) is 0 Å². The van der Waals surface area contributed by atoms with Crippen molar-refractivity contribution in [2.75, 3.05) is 18.6 Å². The number of hydrogen-bond acceptors (Lipinski definition) is 5. The van der Waals surface area contributed by atoms with Crippen molar-refractivity contribution in [3.8, 4) is 0 Å². The molecule has 0 N–H and O–H groups in total. The highest BCUT2D eigenvalue weighted by Crippen LogP contribution is 2.50. The second kappa shape index (κ2) is 5.40. The second-order valence-electron chi connectivity index (χ2n) is 5.95. The van der Waals surface area contributed by atoms with E-state index in [1.807, 2.05) is 6.92 Å². The van der Waals surface area contributed by atoms with E-state index in [2.05, 4.69) is 4.74 Å². The van der Waals surface area contributed by atoms with Gasteiger partial charge in [-0.05, 0) is 38.0 Å². The topological polar surface area (TPSA) is 69.7 Å². The Balaban J connectivity index is 1.88. The van der Waals surface area contributed by atoms with Crippen LogP contribution < -0.4 is 0 Å². The predicted molar refractivity (Wildman–Crippen MR) is 70.5 cm³/mol. The first kappa shape index (κ1) is 14.8. The standard InChI is InChI=1S/C13H22O5S/c1-10-3-4-11(18-10)8-19(15,16)9-13(5-6-13)7-12(14)17-2/h10-11H,3-9H2,1-2H3. The Bertz CT molecular complexity index is 438. The average molecular weight is 290 g/mol. The third-order valence-corrected chi connectivity index (χ3v) is 5.92. The molecule has 0 bridgehead atoms. The van der Waals surface area contributed by atoms with Gasteiger partial charge in [0.05, 0.1) is 37.2 Å². The van der Waals surface area contributed by atoms with Crippen LogP contribution >= 0.6 is 0 Å². The number of hydrogen-bond donors (Lipinski definition) is 0. The van der Waals surface area contributed by atoms with Gasteiger partial charge in [-0.3, -0.25) is 4.79 Å². The first-order valence-electron chi connectivity index (χ1n) is 6.77. The number of rotatable bonds is 6. The van der Waals surface area contributed by atoms with E-state index in [0.717, 1.165) is 25.7 Å². The lowest BCUT2D eigenvalue weighted by Gasteiger charge is -2.16. The fraction of sp³-hybridized carbons (Fsp3) is 0.923. The van der Waals surface area contributed by atoms with Crippen LogP contribution in [0.5, 0.6) is 0 Å². The van der Waals surface area contributed by atoms with Crippen LogP contribution in [0.4, 0.5) is 0 Å². The van der Waals surface area contributed by atoms with Gasteiger partial charge in [0.1, 0.15) is 0 Å². The Morgan fingerprint density at radius 1 is 1.37 bits per heavy atom. The average Bonchev–Trinajstić information content (AvgIpc) is 2.91. The zero-order valence-corrected chi connectivity index (χ0v) is 12.4. The maximum Gasteiger partial charge on any atom is 0.306 e. The molecule has 1 saturated carbocycles. The van der Waals surface area contributed by atoms with Gasteiger partial charge < -0.3 is 9.47 Å². The Hall–Kier alpha value is -0.620. The Labute approximate surface area is 114 Å². The summed E-state index contributed by atoms with van der Waals surface area (Å²) in [6.07, 6.45) is 3.52. The van der Waals surface area contributed by atoms with Crippen molar-refractivity contribution in [2.24, 2.45) is 5.41 Å². The number of sulfone groups is 1. The van der Waals surface area contributed by atoms with Crippen molar-refractivity contribution in [1.82, 2.24) is 0 Å². The smallest absolute Gasteiger partial charge is 0.306 e. The monoisotopic (exact) mass is 290 g/mol. The van der Waals surface area contributed by atoms with Gasteiger partial charge in [-0.1, -0.05) is 0 Å². The Morgan fingerprint density at radius 2 is 2.05 bits per heavy atom. The van der Waals surface area contributed by atoms with E-state index < -0.39 is 9.84 Å². The van der Waals surface area contributed by atoms with E-state index >= 15 is 0 Å². The van der Waals surface area contributed by atoms with E-state index in [1.165, 1.54) is 7.11 Å². The lowest BCUT2D eigenvalue weighted by Crippen LogP contribution is -2.28. The summed E-state index contributed by atoms with van der Waals surface area (Å²) in [5, 5.41) is 0. The molecule has 2 atom stereocenters. The number of carbonyl (C=O) groups is 1. The highest BCUT2D eigenvalue weighted by atomic mass is 32.2. The molecule has 19 heavy (non-hydrogen) atoms. The summed E-state index contributed by atoms with van der Waals surface area (Å²) in [5.41, 5.74) is -0.365. The van der Waals surface area contributed by atoms with E-state index in [1.54, 1.807) is 0 Å². The molecule has 1 aliphatic carbocycles. The highest BCUT2D eigenvalue weighted by molar-refractivity contribution is 7.91. The summed E-state index contributed by atoms with van der Waals surface area (Å²) < 4.78 is 34.6. The molecule has 6 heteroatoms. The van der Waals surface area contributed by atoms with E-state index in [-0.39, 0.29) is 41.5 Å². The molecule has 0 aromatic rings. The second-order valence-corrected chi connectivity index (χ2v) is 8.06. The molecule has 2 aliphatic rings. The van der Waals surface area contributed by atoms with Crippen LogP contribution in [-0.2, 0) is 24.1 Å². The van der Waals surface area contributed by atoms with Crippen LogP contribution in [-0.4, -0.2) is 45.2 Å². The molecule has 0 aromatic heterocycles. The molecule has 0 radical (unpaired) electrons. The van der Waals surface area contributed by atoms with E-state index in [9.17, 15) is 13.2 Å². The van der Waals surface area contributed by atoms with Gasteiger partial charge >= 0.3 is 5.97 Å². The van der Waals surface area contributed by atoms with Crippen molar-refractivity contribution in [3.63, 3.8) is 0 Å². The largest absolute Gasteiger partial charge is 0.469 e. The SMILES string of the molecule is COC(=O)CC1(CS(=O)(=O)CC2CCC(C)O2)CC1. The molecule has 110 valence electrons. The third kappa shape index (κ3) is 4.18. The van der Waals surface area contributed by atoms with Crippen LogP contribution in [0.15, 0.2) is 0 Å². The first-order valence-corrected chi connectivity index (χ1v) is 8.59. The minimum absolute atomic E-state index is 0.0836. The van der Waals surface area contributed by atoms with Crippen LogP contribution in [0.2, 0.25) is 0 Å². The maximum atomic E-state index is 12.2. The maximum absolute atomic E-state index is 12.2. The Kier molecular flexibility index (Phi) is 4.20. The van der Waals surface area contributed by atoms with E-state index in [4.69, 9.17) is 4.74 Å². The quantitative estimate of drug-likeness (QED) is 0.690. The van der Waals surface area contributed by atoms with Crippen molar-refractivity contribution >= 4 is 15.8 Å². The first-order chi connectivity index (χ1) is 8.84. The summed E-state index contributed by atoms with van der Waals surface area (Å²) in [6.45, 7) is 1.96. The van der Waals surface area contributed by atoms with Crippen LogP contribution in [0.25, 0.3) is 0 Å². The summed E-state index contributed by atoms with van der Waals surface area (Å²) in [5.74, 6) is -0.151. The van der Waals surface area contributed by atoms with Crippen LogP contribution in [0.3, 0.4) is 0 Å². The number of esters is 1. The number of ether oxygens (including phenoxy) is 2. The molecule has 2 unspecified atom stereocenters. The fourth-order valence-electron chi connectivity index (χ4n) is 2.74. The molecule has 1 heterocycles. The molecule has 0 aromatic carbocycles. The molecule has 2 rings (SSSR count). The molecule has 0 amide bonds. The summed E-state index contributed by atoms with van der Waals surface area (Å²) >= 11 is 0. The zero-order valence-electron chi connectivity index (χ0n) is 11.6. The molecular formula is C13H22O5S.